The van der Waals surface area contributed by atoms with Gasteiger partial charge in [0.1, 0.15) is 11.8 Å². The van der Waals surface area contributed by atoms with Gasteiger partial charge in [-0.3, -0.25) is 4.90 Å². The second-order valence-electron chi connectivity index (χ2n) is 7.22. The number of nitrogens with zero attached hydrogens (tertiary/aromatic N) is 1. The van der Waals surface area contributed by atoms with Gasteiger partial charge in [-0.25, -0.2) is 4.79 Å². The molecule has 1 aliphatic rings. The summed E-state index contributed by atoms with van der Waals surface area (Å²) in [6, 6.07) is 13.4. The summed E-state index contributed by atoms with van der Waals surface area (Å²) in [6.45, 7) is 3.26. The fourth-order valence-electron chi connectivity index (χ4n) is 4.03. The number of hydrogen-bond acceptors (Lipinski definition) is 3. The van der Waals surface area contributed by atoms with Crippen LogP contribution in [0.2, 0.25) is 5.02 Å². The van der Waals surface area contributed by atoms with Gasteiger partial charge in [-0.1, -0.05) is 23.7 Å². The lowest BCUT2D eigenvalue weighted by atomic mass is 9.92. The largest absolute Gasteiger partial charge is 0.494 e. The van der Waals surface area contributed by atoms with Crippen molar-refractivity contribution in [1.82, 2.24) is 9.88 Å². The predicted octanol–water partition coefficient (Wildman–Crippen LogP) is 5.93. The number of carbonyl (C=O) groups excluding carboxylic acids is 1. The van der Waals surface area contributed by atoms with Gasteiger partial charge < -0.3 is 14.5 Å². The minimum Gasteiger partial charge on any atom is -0.494 e. The smallest absolute Gasteiger partial charge is 0.410 e. The van der Waals surface area contributed by atoms with E-state index in [1.165, 1.54) is 5.56 Å². The summed E-state index contributed by atoms with van der Waals surface area (Å²) in [4.78, 5) is 18.1. The van der Waals surface area contributed by atoms with Crippen LogP contribution >= 0.6 is 23.2 Å². The molecular formula is C23H24Cl2N2O3. The van der Waals surface area contributed by atoms with Crippen LogP contribution in [0, 0.1) is 0 Å². The van der Waals surface area contributed by atoms with E-state index in [-0.39, 0.29) is 12.1 Å². The van der Waals surface area contributed by atoms with Crippen molar-refractivity contribution < 1.29 is 14.3 Å². The molecule has 0 radical (unpaired) electrons. The van der Waals surface area contributed by atoms with E-state index in [1.807, 2.05) is 49.4 Å². The van der Waals surface area contributed by atoms with Gasteiger partial charge in [0.05, 0.1) is 13.2 Å². The fraction of sp³-hybridized carbons (Fsp3) is 0.348. The van der Waals surface area contributed by atoms with E-state index in [2.05, 4.69) is 4.98 Å². The third kappa shape index (κ3) is 4.09. The third-order valence-electron chi connectivity index (χ3n) is 5.31. The van der Waals surface area contributed by atoms with Crippen LogP contribution in [0.15, 0.2) is 42.5 Å². The van der Waals surface area contributed by atoms with Crippen molar-refractivity contribution in [3.05, 3.63) is 64.3 Å². The Hall–Kier alpha value is -2.37. The standard InChI is InChI=1S/C23H24Cl2N2O3/c1-2-29-23(28)27-11-9-18-19-14-16(25)7-8-20(19)26-21(18)22(27)15-5-3-6-17(13-15)30-12-4-10-24/h3,5-8,13-14,22,26H,2,4,9-12H2,1H3. The topological polar surface area (TPSA) is 54.6 Å². The molecule has 7 heteroatoms. The first-order valence-corrected chi connectivity index (χ1v) is 11.1. The lowest BCUT2D eigenvalue weighted by Gasteiger charge is -2.35. The molecule has 1 amide bonds. The molecule has 2 heterocycles. The summed E-state index contributed by atoms with van der Waals surface area (Å²) >= 11 is 12.0. The number of amides is 1. The van der Waals surface area contributed by atoms with Crippen LogP contribution in [0.4, 0.5) is 4.79 Å². The highest BCUT2D eigenvalue weighted by Gasteiger charge is 2.35. The molecule has 0 bridgehead atoms. The third-order valence-corrected chi connectivity index (χ3v) is 5.81. The summed E-state index contributed by atoms with van der Waals surface area (Å²) in [7, 11) is 0. The number of aromatic amines is 1. The minimum absolute atomic E-state index is 0.296. The Morgan fingerprint density at radius 1 is 1.27 bits per heavy atom. The van der Waals surface area contributed by atoms with Crippen LogP contribution in [0.1, 0.15) is 36.2 Å². The number of carbonyl (C=O) groups is 1. The molecule has 1 N–H and O–H groups in total. The SMILES string of the molecule is CCOC(=O)N1CCc2c([nH]c3ccc(Cl)cc23)C1c1cccc(OCCCCl)c1. The van der Waals surface area contributed by atoms with Crippen molar-refractivity contribution in [1.29, 1.82) is 0 Å². The highest BCUT2D eigenvalue weighted by atomic mass is 35.5. The summed E-state index contributed by atoms with van der Waals surface area (Å²) in [5.74, 6) is 1.31. The lowest BCUT2D eigenvalue weighted by Crippen LogP contribution is -2.41. The Balaban J connectivity index is 1.78. The average molecular weight is 447 g/mol. The summed E-state index contributed by atoms with van der Waals surface area (Å²) < 4.78 is 11.2. The van der Waals surface area contributed by atoms with Gasteiger partial charge in [0.2, 0.25) is 0 Å². The van der Waals surface area contributed by atoms with Gasteiger partial charge in [0.15, 0.2) is 0 Å². The molecule has 2 aromatic carbocycles. The van der Waals surface area contributed by atoms with E-state index < -0.39 is 0 Å². The fourth-order valence-corrected chi connectivity index (χ4v) is 4.31. The van der Waals surface area contributed by atoms with E-state index >= 15 is 0 Å². The van der Waals surface area contributed by atoms with E-state index in [1.54, 1.807) is 4.90 Å². The molecule has 1 atom stereocenters. The van der Waals surface area contributed by atoms with Crippen molar-refractivity contribution in [2.24, 2.45) is 0 Å². The first-order valence-electron chi connectivity index (χ1n) is 10.1. The first kappa shape index (κ1) is 20.9. The Labute approximate surface area is 185 Å². The Kier molecular flexibility index (Phi) is 6.40. The van der Waals surface area contributed by atoms with E-state index in [4.69, 9.17) is 32.7 Å². The molecule has 4 rings (SSSR count). The number of rotatable bonds is 6. The molecule has 158 valence electrons. The second kappa shape index (κ2) is 9.19. The quantitative estimate of drug-likeness (QED) is 0.376. The van der Waals surface area contributed by atoms with Gasteiger partial charge in [-0.15, -0.1) is 11.6 Å². The maximum atomic E-state index is 12.8. The Bertz CT molecular complexity index is 1050. The number of ether oxygens (including phenoxy) is 2. The van der Waals surface area contributed by atoms with E-state index in [0.717, 1.165) is 40.8 Å². The number of alkyl halides is 1. The maximum absolute atomic E-state index is 12.8. The van der Waals surface area contributed by atoms with Crippen LogP contribution in [-0.4, -0.2) is 41.6 Å². The highest BCUT2D eigenvalue weighted by molar-refractivity contribution is 6.31. The number of halogens is 2. The Morgan fingerprint density at radius 3 is 2.93 bits per heavy atom. The molecular weight excluding hydrogens is 423 g/mol. The van der Waals surface area contributed by atoms with Crippen LogP contribution in [0.5, 0.6) is 5.75 Å². The second-order valence-corrected chi connectivity index (χ2v) is 8.03. The molecule has 0 aliphatic carbocycles. The lowest BCUT2D eigenvalue weighted by molar-refractivity contribution is 0.0931. The number of nitrogens with one attached hydrogen (secondary N) is 1. The zero-order chi connectivity index (χ0) is 21.1. The average Bonchev–Trinajstić information content (AvgIpc) is 3.11. The molecule has 0 saturated heterocycles. The summed E-state index contributed by atoms with van der Waals surface area (Å²) in [5, 5.41) is 1.80. The molecule has 5 nitrogen and oxygen atoms in total. The molecule has 1 aliphatic heterocycles. The van der Waals surface area contributed by atoms with Gasteiger partial charge in [-0.05, 0) is 61.2 Å². The normalized spacial score (nSPS) is 15.8. The van der Waals surface area contributed by atoms with Gasteiger partial charge >= 0.3 is 6.09 Å². The van der Waals surface area contributed by atoms with Crippen LogP contribution in [0.3, 0.4) is 0 Å². The zero-order valence-corrected chi connectivity index (χ0v) is 18.3. The molecule has 0 spiro atoms. The number of benzene rings is 2. The predicted molar refractivity (Wildman–Crippen MR) is 120 cm³/mol. The molecule has 1 unspecified atom stereocenters. The van der Waals surface area contributed by atoms with Gasteiger partial charge in [0.25, 0.3) is 0 Å². The van der Waals surface area contributed by atoms with Crippen LogP contribution < -0.4 is 4.74 Å². The van der Waals surface area contributed by atoms with Gasteiger partial charge in [-0.2, -0.15) is 0 Å². The monoisotopic (exact) mass is 446 g/mol. The van der Waals surface area contributed by atoms with Crippen molar-refractivity contribution in [2.75, 3.05) is 25.6 Å². The zero-order valence-electron chi connectivity index (χ0n) is 16.8. The molecule has 3 aromatic rings. The van der Waals surface area contributed by atoms with Gasteiger partial charge in [0, 0.05) is 34.0 Å². The molecule has 0 saturated carbocycles. The summed E-state index contributed by atoms with van der Waals surface area (Å²) in [6.07, 6.45) is 1.19. The van der Waals surface area contributed by atoms with E-state index in [9.17, 15) is 4.79 Å². The highest BCUT2D eigenvalue weighted by Crippen LogP contribution is 2.40. The van der Waals surface area contributed by atoms with Crippen LogP contribution in [-0.2, 0) is 11.2 Å². The minimum atomic E-state index is -0.321. The first-order chi connectivity index (χ1) is 14.6. The van der Waals surface area contributed by atoms with Crippen molar-refractivity contribution >= 4 is 40.2 Å². The van der Waals surface area contributed by atoms with Crippen molar-refractivity contribution in [2.45, 2.75) is 25.8 Å². The van der Waals surface area contributed by atoms with Crippen molar-refractivity contribution in [3.8, 4) is 5.75 Å². The number of aromatic nitrogens is 1. The van der Waals surface area contributed by atoms with Crippen LogP contribution in [0.25, 0.3) is 10.9 Å². The Morgan fingerprint density at radius 2 is 2.13 bits per heavy atom. The van der Waals surface area contributed by atoms with Crippen molar-refractivity contribution in [3.63, 3.8) is 0 Å². The molecule has 30 heavy (non-hydrogen) atoms. The molecule has 1 aromatic heterocycles. The number of hydrogen-bond donors (Lipinski definition) is 1. The number of H-pyrrole nitrogens is 1. The maximum Gasteiger partial charge on any atom is 0.410 e. The summed E-state index contributed by atoms with van der Waals surface area (Å²) in [5.41, 5.74) is 4.15. The molecule has 0 fully saturated rings. The number of fused-ring (bicyclic) bond motifs is 3. The van der Waals surface area contributed by atoms with E-state index in [0.29, 0.717) is 30.7 Å².